The van der Waals surface area contributed by atoms with E-state index in [1.165, 1.54) is 24.5 Å². The van der Waals surface area contributed by atoms with E-state index in [0.29, 0.717) is 16.6 Å². The van der Waals surface area contributed by atoms with Crippen molar-refractivity contribution in [3.63, 3.8) is 0 Å². The Labute approximate surface area is 148 Å². The third-order valence-electron chi connectivity index (χ3n) is 3.67. The number of carboxylic acid groups (broad SMARTS) is 1. The summed E-state index contributed by atoms with van der Waals surface area (Å²) in [5.74, 6) is -0.504. The first kappa shape index (κ1) is 16.8. The van der Waals surface area contributed by atoms with Crippen LogP contribution in [0.3, 0.4) is 0 Å². The van der Waals surface area contributed by atoms with Gasteiger partial charge in [-0.2, -0.15) is 0 Å². The Morgan fingerprint density at radius 3 is 2.80 bits per heavy atom. The average Bonchev–Trinajstić information content (AvgIpc) is 3.03. The first-order valence-corrected chi connectivity index (χ1v) is 8.30. The van der Waals surface area contributed by atoms with Crippen LogP contribution in [0.25, 0.3) is 11.3 Å². The van der Waals surface area contributed by atoms with E-state index in [2.05, 4.69) is 10.3 Å². The van der Waals surface area contributed by atoms with Gasteiger partial charge in [0.2, 0.25) is 0 Å². The quantitative estimate of drug-likeness (QED) is 0.632. The van der Waals surface area contributed by atoms with E-state index in [0.717, 1.165) is 16.8 Å². The first-order valence-electron chi connectivity index (χ1n) is 7.42. The number of aryl methyl sites for hydroxylation is 1. The monoisotopic (exact) mass is 356 g/mol. The van der Waals surface area contributed by atoms with Gasteiger partial charge in [-0.3, -0.25) is 0 Å². The largest absolute Gasteiger partial charge is 0.504 e. The zero-order chi connectivity index (χ0) is 18.0. The zero-order valence-corrected chi connectivity index (χ0v) is 14.4. The van der Waals surface area contributed by atoms with Crippen LogP contribution in [0.4, 0.5) is 10.8 Å². The van der Waals surface area contributed by atoms with Crippen molar-refractivity contribution < 1.29 is 19.7 Å². The molecule has 0 radical (unpaired) electrons. The highest BCUT2D eigenvalue weighted by Gasteiger charge is 2.12. The minimum Gasteiger partial charge on any atom is -0.504 e. The molecule has 0 saturated heterocycles. The molecule has 2 aromatic carbocycles. The molecule has 0 unspecified atom stereocenters. The van der Waals surface area contributed by atoms with Crippen LogP contribution in [0.15, 0.2) is 41.8 Å². The molecular formula is C18H16N2O4S. The van der Waals surface area contributed by atoms with Crippen molar-refractivity contribution in [2.75, 3.05) is 12.4 Å². The second-order valence-electron chi connectivity index (χ2n) is 5.39. The zero-order valence-electron chi connectivity index (χ0n) is 13.6. The molecule has 7 heteroatoms. The molecule has 0 amide bonds. The van der Waals surface area contributed by atoms with Crippen LogP contribution in [0.2, 0.25) is 0 Å². The number of benzene rings is 2. The summed E-state index contributed by atoms with van der Waals surface area (Å²) in [5, 5.41) is 24.5. The summed E-state index contributed by atoms with van der Waals surface area (Å²) in [5.41, 5.74) is 3.35. The third-order valence-corrected chi connectivity index (χ3v) is 4.42. The minimum absolute atomic E-state index is 0.0859. The second kappa shape index (κ2) is 6.82. The minimum atomic E-state index is -0.977. The predicted octanol–water partition coefficient (Wildman–Crippen LogP) is 4.27. The van der Waals surface area contributed by atoms with Gasteiger partial charge in [-0.15, -0.1) is 11.3 Å². The average molecular weight is 356 g/mol. The van der Waals surface area contributed by atoms with Crippen LogP contribution < -0.4 is 10.1 Å². The first-order chi connectivity index (χ1) is 12.0. The molecule has 0 aliphatic heterocycles. The number of aromatic hydroxyl groups is 1. The van der Waals surface area contributed by atoms with Gasteiger partial charge < -0.3 is 20.3 Å². The molecule has 0 aliphatic rings. The van der Waals surface area contributed by atoms with Gasteiger partial charge in [-0.1, -0.05) is 6.07 Å². The highest BCUT2D eigenvalue weighted by molar-refractivity contribution is 7.14. The molecule has 0 saturated carbocycles. The van der Waals surface area contributed by atoms with Crippen LogP contribution in [0.1, 0.15) is 15.9 Å². The Morgan fingerprint density at radius 1 is 1.28 bits per heavy atom. The van der Waals surface area contributed by atoms with Crippen molar-refractivity contribution in [3.05, 3.63) is 52.9 Å². The van der Waals surface area contributed by atoms with Crippen molar-refractivity contribution in [1.82, 2.24) is 4.98 Å². The number of ether oxygens (including phenoxy) is 1. The normalized spacial score (nSPS) is 10.5. The molecule has 1 heterocycles. The molecule has 0 fully saturated rings. The lowest BCUT2D eigenvalue weighted by molar-refractivity contribution is 0.0697. The predicted molar refractivity (Wildman–Crippen MR) is 97.2 cm³/mol. The lowest BCUT2D eigenvalue weighted by atomic mass is 10.1. The number of rotatable bonds is 5. The lowest BCUT2D eigenvalue weighted by Gasteiger charge is -2.08. The number of thiazole rings is 1. The summed E-state index contributed by atoms with van der Waals surface area (Å²) in [7, 11) is 1.50. The molecule has 0 bridgehead atoms. The number of phenols is 1. The molecule has 0 aliphatic carbocycles. The van der Waals surface area contributed by atoms with Crippen molar-refractivity contribution in [2.24, 2.45) is 0 Å². The van der Waals surface area contributed by atoms with Crippen molar-refractivity contribution >= 4 is 28.1 Å². The standard InChI is InChI=1S/C18H16N2O4S/c1-10-6-15(21)16(24-2)8-13(10)14-9-25-18(20-14)19-12-5-3-4-11(7-12)17(22)23/h3-9,21H,1-2H3,(H,19,20)(H,22,23). The smallest absolute Gasteiger partial charge is 0.335 e. The van der Waals surface area contributed by atoms with E-state index in [1.807, 2.05) is 12.3 Å². The molecule has 6 nitrogen and oxygen atoms in total. The maximum Gasteiger partial charge on any atom is 0.335 e. The van der Waals surface area contributed by atoms with Crippen LogP contribution >= 0.6 is 11.3 Å². The van der Waals surface area contributed by atoms with Gasteiger partial charge in [-0.25, -0.2) is 9.78 Å². The van der Waals surface area contributed by atoms with Gasteiger partial charge in [0.1, 0.15) is 0 Å². The van der Waals surface area contributed by atoms with Gasteiger partial charge in [0, 0.05) is 16.6 Å². The number of aromatic nitrogens is 1. The van der Waals surface area contributed by atoms with Gasteiger partial charge in [0.15, 0.2) is 16.6 Å². The third kappa shape index (κ3) is 3.56. The molecule has 0 spiro atoms. The Bertz CT molecular complexity index is 937. The number of nitrogens with one attached hydrogen (secondary N) is 1. The SMILES string of the molecule is COc1cc(-c2csc(Nc3cccc(C(=O)O)c3)n2)c(C)cc1O. The molecule has 128 valence electrons. The fraction of sp³-hybridized carbons (Fsp3) is 0.111. The summed E-state index contributed by atoms with van der Waals surface area (Å²) >= 11 is 1.41. The Kier molecular flexibility index (Phi) is 4.58. The summed E-state index contributed by atoms with van der Waals surface area (Å²) in [6.45, 7) is 1.89. The number of carbonyl (C=O) groups is 1. The van der Waals surface area contributed by atoms with E-state index >= 15 is 0 Å². The number of phenolic OH excluding ortho intramolecular Hbond substituents is 1. The van der Waals surface area contributed by atoms with E-state index in [-0.39, 0.29) is 11.3 Å². The number of aromatic carboxylic acids is 1. The topological polar surface area (TPSA) is 91.7 Å². The van der Waals surface area contributed by atoms with Crippen LogP contribution in [-0.2, 0) is 0 Å². The van der Waals surface area contributed by atoms with Crippen molar-refractivity contribution in [1.29, 1.82) is 0 Å². The van der Waals surface area contributed by atoms with Crippen molar-refractivity contribution in [3.8, 4) is 22.8 Å². The molecule has 3 rings (SSSR count). The lowest BCUT2D eigenvalue weighted by Crippen LogP contribution is -1.97. The fourth-order valence-electron chi connectivity index (χ4n) is 2.42. The summed E-state index contributed by atoms with van der Waals surface area (Å²) < 4.78 is 5.15. The van der Waals surface area contributed by atoms with Gasteiger partial charge >= 0.3 is 5.97 Å². The summed E-state index contributed by atoms with van der Waals surface area (Å²) in [4.78, 5) is 15.6. The highest BCUT2D eigenvalue weighted by Crippen LogP contribution is 2.36. The second-order valence-corrected chi connectivity index (χ2v) is 6.25. The molecule has 3 N–H and O–H groups in total. The maximum absolute atomic E-state index is 11.0. The molecular weight excluding hydrogens is 340 g/mol. The Balaban J connectivity index is 1.88. The maximum atomic E-state index is 11.0. The Morgan fingerprint density at radius 2 is 2.08 bits per heavy atom. The number of methoxy groups -OCH3 is 1. The Hall–Kier alpha value is -3.06. The fourth-order valence-corrected chi connectivity index (χ4v) is 3.15. The van der Waals surface area contributed by atoms with E-state index in [9.17, 15) is 9.90 Å². The molecule has 1 aromatic heterocycles. The molecule has 0 atom stereocenters. The number of carboxylic acids is 1. The van der Waals surface area contributed by atoms with Crippen LogP contribution in [0, 0.1) is 6.92 Å². The van der Waals surface area contributed by atoms with E-state index < -0.39 is 5.97 Å². The van der Waals surface area contributed by atoms with Gasteiger partial charge in [0.05, 0.1) is 18.4 Å². The van der Waals surface area contributed by atoms with E-state index in [1.54, 1.807) is 30.3 Å². The highest BCUT2D eigenvalue weighted by atomic mass is 32.1. The van der Waals surface area contributed by atoms with Crippen LogP contribution in [0.5, 0.6) is 11.5 Å². The van der Waals surface area contributed by atoms with Crippen molar-refractivity contribution in [2.45, 2.75) is 6.92 Å². The van der Waals surface area contributed by atoms with Gasteiger partial charge in [-0.05, 0) is 42.8 Å². The number of hydrogen-bond acceptors (Lipinski definition) is 6. The van der Waals surface area contributed by atoms with Gasteiger partial charge in [0.25, 0.3) is 0 Å². The number of anilines is 2. The molecule has 25 heavy (non-hydrogen) atoms. The summed E-state index contributed by atoms with van der Waals surface area (Å²) in [6.07, 6.45) is 0. The molecule has 3 aromatic rings. The summed E-state index contributed by atoms with van der Waals surface area (Å²) in [6, 6.07) is 9.92. The van der Waals surface area contributed by atoms with E-state index in [4.69, 9.17) is 9.84 Å². The number of hydrogen-bond donors (Lipinski definition) is 3. The number of nitrogens with zero attached hydrogens (tertiary/aromatic N) is 1. The van der Waals surface area contributed by atoms with Crippen LogP contribution in [-0.4, -0.2) is 28.3 Å².